The Bertz CT molecular complexity index is 369. The zero-order valence-corrected chi connectivity index (χ0v) is 7.06. The second-order valence-corrected chi connectivity index (χ2v) is 2.95. The summed E-state index contributed by atoms with van der Waals surface area (Å²) >= 11 is 0. The first-order chi connectivity index (χ1) is 6.18. The van der Waals surface area contributed by atoms with Crippen LogP contribution >= 0.6 is 0 Å². The van der Waals surface area contributed by atoms with Gasteiger partial charge in [0.05, 0.1) is 6.42 Å². The van der Waals surface area contributed by atoms with Crippen LogP contribution < -0.4 is 0 Å². The third-order valence-electron chi connectivity index (χ3n) is 2.04. The summed E-state index contributed by atoms with van der Waals surface area (Å²) in [4.78, 5) is 25.9. The minimum absolute atomic E-state index is 0.101. The van der Waals surface area contributed by atoms with Crippen LogP contribution in [0.3, 0.4) is 0 Å². The average Bonchev–Trinajstić information content (AvgIpc) is 2.58. The minimum Gasteiger partial charge on any atom is -0.393 e. The average molecular weight is 180 g/mol. The lowest BCUT2D eigenvalue weighted by molar-refractivity contribution is -0.152. The molecule has 0 radical (unpaired) electrons. The Balaban J connectivity index is 2.32. The van der Waals surface area contributed by atoms with Gasteiger partial charge in [-0.1, -0.05) is 0 Å². The van der Waals surface area contributed by atoms with Gasteiger partial charge in [-0.05, 0) is 0 Å². The first-order valence-corrected chi connectivity index (χ1v) is 3.90. The molecule has 1 fully saturated rings. The van der Waals surface area contributed by atoms with Gasteiger partial charge in [-0.3, -0.25) is 9.59 Å². The van der Waals surface area contributed by atoms with Gasteiger partial charge in [-0.2, -0.15) is 0 Å². The largest absolute Gasteiger partial charge is 0.393 e. The predicted octanol–water partition coefficient (Wildman–Crippen LogP) is -0.0228. The van der Waals surface area contributed by atoms with E-state index in [-0.39, 0.29) is 6.42 Å². The molecular formula is C8H8N2O3. The maximum Gasteiger partial charge on any atom is 0.324 e. The Labute approximate surface area is 74.3 Å². The Morgan fingerprint density at radius 1 is 1.62 bits per heavy atom. The van der Waals surface area contributed by atoms with Gasteiger partial charge in [0.1, 0.15) is 11.7 Å². The molecule has 1 aromatic heterocycles. The molecule has 0 bridgehead atoms. The van der Waals surface area contributed by atoms with Crippen LogP contribution in [0.2, 0.25) is 0 Å². The minimum atomic E-state index is -0.521. The van der Waals surface area contributed by atoms with Gasteiger partial charge in [-0.25, -0.2) is 4.98 Å². The van der Waals surface area contributed by atoms with Gasteiger partial charge in [-0.15, -0.1) is 0 Å². The van der Waals surface area contributed by atoms with E-state index in [0.717, 1.165) is 0 Å². The fourth-order valence-electron chi connectivity index (χ4n) is 1.38. The molecule has 1 aliphatic rings. The number of aryl methyl sites for hydroxylation is 1. The summed E-state index contributed by atoms with van der Waals surface area (Å²) in [6.45, 7) is 0. The molecule has 0 aliphatic carbocycles. The number of carbonyl (C=O) groups is 2. The van der Waals surface area contributed by atoms with E-state index in [9.17, 15) is 9.59 Å². The summed E-state index contributed by atoms with van der Waals surface area (Å²) in [6.07, 6.45) is 3.42. The van der Waals surface area contributed by atoms with E-state index in [1.165, 1.54) is 0 Å². The molecule has 2 heterocycles. The topological polar surface area (TPSA) is 61.2 Å². The number of cyclic esters (lactones) is 2. The van der Waals surface area contributed by atoms with Crippen LogP contribution in [0.25, 0.3) is 0 Å². The van der Waals surface area contributed by atoms with Crippen molar-refractivity contribution >= 4 is 11.9 Å². The summed E-state index contributed by atoms with van der Waals surface area (Å²) in [6, 6.07) is 0. The molecule has 0 aromatic carbocycles. The highest BCUT2D eigenvalue weighted by molar-refractivity contribution is 5.97. The van der Waals surface area contributed by atoms with E-state index in [4.69, 9.17) is 0 Å². The van der Waals surface area contributed by atoms with Crippen molar-refractivity contribution < 1.29 is 14.3 Å². The quantitative estimate of drug-likeness (QED) is 0.450. The normalized spacial score (nSPS) is 22.1. The van der Waals surface area contributed by atoms with Crippen molar-refractivity contribution in [3.8, 4) is 0 Å². The van der Waals surface area contributed by atoms with Crippen molar-refractivity contribution in [2.45, 2.75) is 12.3 Å². The summed E-state index contributed by atoms with van der Waals surface area (Å²) in [5.41, 5.74) is 0. The fraction of sp³-hybridized carbons (Fsp3) is 0.375. The van der Waals surface area contributed by atoms with Gasteiger partial charge < -0.3 is 9.30 Å². The number of hydrogen-bond donors (Lipinski definition) is 0. The number of esters is 2. The monoisotopic (exact) mass is 180 g/mol. The van der Waals surface area contributed by atoms with Crippen molar-refractivity contribution in [1.29, 1.82) is 0 Å². The van der Waals surface area contributed by atoms with E-state index < -0.39 is 17.9 Å². The lowest BCUT2D eigenvalue weighted by atomic mass is 10.1. The number of rotatable bonds is 1. The smallest absolute Gasteiger partial charge is 0.324 e. The summed E-state index contributed by atoms with van der Waals surface area (Å²) in [5, 5.41) is 0. The van der Waals surface area contributed by atoms with Crippen molar-refractivity contribution in [2.24, 2.45) is 7.05 Å². The molecule has 68 valence electrons. The lowest BCUT2D eigenvalue weighted by Gasteiger charge is -2.03. The number of nitrogens with zero attached hydrogens (tertiary/aromatic N) is 2. The Morgan fingerprint density at radius 2 is 2.38 bits per heavy atom. The molecule has 0 amide bonds. The predicted molar refractivity (Wildman–Crippen MR) is 41.7 cm³/mol. The lowest BCUT2D eigenvalue weighted by Crippen LogP contribution is -2.10. The van der Waals surface area contributed by atoms with Crippen LogP contribution in [-0.2, 0) is 21.4 Å². The second-order valence-electron chi connectivity index (χ2n) is 2.95. The second kappa shape index (κ2) is 2.69. The SMILES string of the molecule is Cn1ccnc1C1CC(=O)OC1=O. The van der Waals surface area contributed by atoms with Gasteiger partial charge in [0.15, 0.2) is 0 Å². The molecule has 13 heavy (non-hydrogen) atoms. The highest BCUT2D eigenvalue weighted by Gasteiger charge is 2.36. The van der Waals surface area contributed by atoms with Crippen molar-refractivity contribution in [2.75, 3.05) is 0 Å². The molecule has 5 heteroatoms. The standard InChI is InChI=1S/C8H8N2O3/c1-10-3-2-9-7(10)5-4-6(11)13-8(5)12/h2-3,5H,4H2,1H3. The summed E-state index contributed by atoms with van der Waals surface area (Å²) in [7, 11) is 1.78. The maximum atomic E-state index is 11.1. The van der Waals surface area contributed by atoms with Crippen LogP contribution in [-0.4, -0.2) is 21.5 Å². The van der Waals surface area contributed by atoms with Crippen LogP contribution in [0.1, 0.15) is 18.2 Å². The first kappa shape index (κ1) is 7.97. The van der Waals surface area contributed by atoms with Gasteiger partial charge in [0.25, 0.3) is 0 Å². The van der Waals surface area contributed by atoms with Crippen LogP contribution in [0, 0.1) is 0 Å². The molecule has 0 N–H and O–H groups in total. The first-order valence-electron chi connectivity index (χ1n) is 3.90. The third-order valence-corrected chi connectivity index (χ3v) is 2.04. The zero-order chi connectivity index (χ0) is 9.42. The van der Waals surface area contributed by atoms with E-state index in [2.05, 4.69) is 9.72 Å². The fourth-order valence-corrected chi connectivity index (χ4v) is 1.38. The van der Waals surface area contributed by atoms with Gasteiger partial charge in [0.2, 0.25) is 0 Å². The van der Waals surface area contributed by atoms with E-state index in [0.29, 0.717) is 5.82 Å². The maximum absolute atomic E-state index is 11.1. The Kier molecular flexibility index (Phi) is 1.65. The molecule has 1 aliphatic heterocycles. The van der Waals surface area contributed by atoms with Crippen LogP contribution in [0.4, 0.5) is 0 Å². The van der Waals surface area contributed by atoms with E-state index in [1.807, 2.05) is 0 Å². The zero-order valence-electron chi connectivity index (χ0n) is 7.06. The molecule has 1 aromatic rings. The summed E-state index contributed by atoms with van der Waals surface area (Å²) < 4.78 is 6.13. The van der Waals surface area contributed by atoms with Crippen molar-refractivity contribution in [1.82, 2.24) is 9.55 Å². The van der Waals surface area contributed by atoms with Crippen LogP contribution in [0.15, 0.2) is 12.4 Å². The molecular weight excluding hydrogens is 172 g/mol. The number of aromatic nitrogens is 2. The summed E-state index contributed by atoms with van der Waals surface area (Å²) in [5.74, 6) is -0.916. The number of imidazole rings is 1. The van der Waals surface area contributed by atoms with E-state index in [1.54, 1.807) is 24.0 Å². The molecule has 0 spiro atoms. The Hall–Kier alpha value is -1.65. The molecule has 0 saturated carbocycles. The number of ether oxygens (including phenoxy) is 1. The van der Waals surface area contributed by atoms with Crippen molar-refractivity contribution in [3.63, 3.8) is 0 Å². The molecule has 1 saturated heterocycles. The number of hydrogen-bond acceptors (Lipinski definition) is 4. The van der Waals surface area contributed by atoms with E-state index >= 15 is 0 Å². The van der Waals surface area contributed by atoms with Crippen molar-refractivity contribution in [3.05, 3.63) is 18.2 Å². The highest BCUT2D eigenvalue weighted by Crippen LogP contribution is 2.25. The van der Waals surface area contributed by atoms with Crippen LogP contribution in [0.5, 0.6) is 0 Å². The Morgan fingerprint density at radius 3 is 2.85 bits per heavy atom. The number of carbonyl (C=O) groups excluding carboxylic acids is 2. The highest BCUT2D eigenvalue weighted by atomic mass is 16.6. The molecule has 2 rings (SSSR count). The van der Waals surface area contributed by atoms with Gasteiger partial charge in [0, 0.05) is 19.4 Å². The molecule has 1 atom stereocenters. The molecule has 1 unspecified atom stereocenters. The van der Waals surface area contributed by atoms with Gasteiger partial charge >= 0.3 is 11.9 Å². The third kappa shape index (κ3) is 1.22. The molecule has 5 nitrogen and oxygen atoms in total.